The molecule has 3 heterocycles. The Morgan fingerprint density at radius 2 is 2.22 bits per heavy atom. The zero-order valence-electron chi connectivity index (χ0n) is 17.9. The zero-order chi connectivity index (χ0) is 22.7. The number of aromatic nitrogens is 2. The van der Waals surface area contributed by atoms with Gasteiger partial charge >= 0.3 is 0 Å². The molecule has 0 unspecified atom stereocenters. The third-order valence-corrected chi connectivity index (χ3v) is 6.26. The largest absolute Gasteiger partial charge is 0.455 e. The molecule has 7 nitrogen and oxygen atoms in total. The normalized spacial score (nSPS) is 13.6. The van der Waals surface area contributed by atoms with Crippen LogP contribution in [0.15, 0.2) is 36.7 Å². The average Bonchev–Trinajstić information content (AvgIpc) is 3.09. The van der Waals surface area contributed by atoms with Crippen LogP contribution in [-0.4, -0.2) is 40.1 Å². The summed E-state index contributed by atoms with van der Waals surface area (Å²) in [6.45, 7) is 6.08. The number of amides is 1. The van der Waals surface area contributed by atoms with Crippen molar-refractivity contribution in [2.45, 2.75) is 20.3 Å². The maximum atomic E-state index is 12.9. The van der Waals surface area contributed by atoms with Gasteiger partial charge in [-0.25, -0.2) is 9.24 Å². The van der Waals surface area contributed by atoms with Crippen LogP contribution in [0.4, 0.5) is 5.69 Å². The summed E-state index contributed by atoms with van der Waals surface area (Å²) in [6.07, 6.45) is 9.87. The van der Waals surface area contributed by atoms with E-state index in [0.717, 1.165) is 29.7 Å². The molecule has 1 aliphatic heterocycles. The first kappa shape index (κ1) is 22.3. The van der Waals surface area contributed by atoms with Crippen LogP contribution in [0.1, 0.15) is 29.3 Å². The number of anilines is 1. The van der Waals surface area contributed by atoms with Crippen molar-refractivity contribution < 1.29 is 9.53 Å². The van der Waals surface area contributed by atoms with Crippen LogP contribution in [-0.2, 0) is 0 Å². The smallest absolute Gasteiger partial charge is 0.255 e. The Hall–Kier alpha value is -2.86. The molecule has 0 spiro atoms. The first-order valence-corrected chi connectivity index (χ1v) is 11.6. The van der Waals surface area contributed by atoms with Gasteiger partial charge < -0.3 is 14.4 Å². The Labute approximate surface area is 196 Å². The summed E-state index contributed by atoms with van der Waals surface area (Å²) < 4.78 is 14.2. The van der Waals surface area contributed by atoms with Crippen molar-refractivity contribution in [2.24, 2.45) is 5.92 Å². The summed E-state index contributed by atoms with van der Waals surface area (Å²) in [5, 5.41) is 4.89. The van der Waals surface area contributed by atoms with Crippen molar-refractivity contribution >= 4 is 40.8 Å². The van der Waals surface area contributed by atoms with Gasteiger partial charge in [0.15, 0.2) is 5.75 Å². The molecular formula is C23H24ClN5O2S. The number of nitrogens with zero attached hydrogens (tertiary/aromatic N) is 3. The van der Waals surface area contributed by atoms with Crippen LogP contribution in [0.2, 0.25) is 5.02 Å². The van der Waals surface area contributed by atoms with Gasteiger partial charge in [-0.3, -0.25) is 4.79 Å². The molecular weight excluding hydrogens is 446 g/mol. The predicted octanol–water partition coefficient (Wildman–Crippen LogP) is 4.77. The molecule has 2 N–H and O–H groups in total. The van der Waals surface area contributed by atoms with Gasteiger partial charge in [0.25, 0.3) is 5.91 Å². The van der Waals surface area contributed by atoms with Gasteiger partial charge in [-0.2, -0.15) is 5.10 Å². The van der Waals surface area contributed by atoms with E-state index in [2.05, 4.69) is 27.4 Å². The standard InChI is InChI=1S/C23H24ClN5O2S/c1-4-9-26-32-27-20-7-6-17(11-19(20)24)31-21-8-10-25-29-14-18(15(3)22(21)29)23(30)28-12-16(5-2)13-28/h2,6-8,10-11,14,16,26-27H,4,9,12-13H2,1,3H3. The molecule has 1 aliphatic rings. The third kappa shape index (κ3) is 4.51. The molecule has 1 aromatic carbocycles. The van der Waals surface area contributed by atoms with Crippen molar-refractivity contribution in [1.82, 2.24) is 19.2 Å². The van der Waals surface area contributed by atoms with Crippen LogP contribution in [0, 0.1) is 25.2 Å². The number of aryl methyl sites for hydroxylation is 1. The zero-order valence-corrected chi connectivity index (χ0v) is 19.5. The number of ether oxygens (including phenoxy) is 1. The van der Waals surface area contributed by atoms with Gasteiger partial charge in [0, 0.05) is 50.1 Å². The molecule has 1 fully saturated rings. The summed E-state index contributed by atoms with van der Waals surface area (Å²) in [6, 6.07) is 7.24. The molecule has 0 radical (unpaired) electrons. The lowest BCUT2D eigenvalue weighted by Crippen LogP contribution is -2.49. The Balaban J connectivity index is 1.54. The maximum Gasteiger partial charge on any atom is 0.255 e. The van der Waals surface area contributed by atoms with Crippen LogP contribution in [0.3, 0.4) is 0 Å². The van der Waals surface area contributed by atoms with Gasteiger partial charge in [-0.1, -0.05) is 24.4 Å². The summed E-state index contributed by atoms with van der Waals surface area (Å²) in [4.78, 5) is 14.7. The minimum atomic E-state index is -0.0434. The number of carbonyl (C=O) groups is 1. The number of nitrogens with one attached hydrogen (secondary N) is 2. The van der Waals surface area contributed by atoms with Gasteiger partial charge in [-0.05, 0) is 31.0 Å². The van der Waals surface area contributed by atoms with Gasteiger partial charge in [-0.15, -0.1) is 6.42 Å². The highest BCUT2D eigenvalue weighted by Crippen LogP contribution is 2.34. The summed E-state index contributed by atoms with van der Waals surface area (Å²) >= 11 is 7.81. The number of carbonyl (C=O) groups excluding carboxylic acids is 1. The Morgan fingerprint density at radius 1 is 1.41 bits per heavy atom. The summed E-state index contributed by atoms with van der Waals surface area (Å²) in [7, 11) is 0. The van der Waals surface area contributed by atoms with E-state index in [0.29, 0.717) is 35.2 Å². The van der Waals surface area contributed by atoms with Gasteiger partial charge in [0.05, 0.1) is 28.4 Å². The molecule has 32 heavy (non-hydrogen) atoms. The molecule has 9 heteroatoms. The lowest BCUT2D eigenvalue weighted by molar-refractivity contribution is 0.0579. The molecule has 4 rings (SSSR count). The SMILES string of the molecule is C#CC1CN(C(=O)c2cn3nccc(Oc4ccc(NSNCCC)c(Cl)c4)c3c2C)C1. The van der Waals surface area contributed by atoms with Gasteiger partial charge in [0.1, 0.15) is 11.3 Å². The fourth-order valence-electron chi connectivity index (χ4n) is 3.45. The van der Waals surface area contributed by atoms with E-state index in [9.17, 15) is 4.79 Å². The molecule has 166 valence electrons. The number of rotatable bonds is 8. The van der Waals surface area contributed by atoms with Crippen LogP contribution >= 0.6 is 23.7 Å². The summed E-state index contributed by atoms with van der Waals surface area (Å²) in [5.41, 5.74) is 2.94. The highest BCUT2D eigenvalue weighted by Gasteiger charge is 2.31. The second-order valence-corrected chi connectivity index (χ2v) is 8.68. The molecule has 0 atom stereocenters. The molecule has 0 aliphatic carbocycles. The Bertz CT molecular complexity index is 1180. The number of hydrogen-bond acceptors (Lipinski definition) is 6. The van der Waals surface area contributed by atoms with E-state index in [-0.39, 0.29) is 11.8 Å². The van der Waals surface area contributed by atoms with Crippen LogP contribution < -0.4 is 14.2 Å². The first-order valence-electron chi connectivity index (χ1n) is 10.4. The van der Waals surface area contributed by atoms with Crippen molar-refractivity contribution in [3.63, 3.8) is 0 Å². The van der Waals surface area contributed by atoms with E-state index < -0.39 is 0 Å². The van der Waals surface area contributed by atoms with Gasteiger partial charge in [0.2, 0.25) is 0 Å². The molecule has 0 saturated carbocycles. The second kappa shape index (κ2) is 9.74. The fourth-order valence-corrected chi connectivity index (χ4v) is 4.40. The molecule has 1 amide bonds. The van der Waals surface area contributed by atoms with Crippen molar-refractivity contribution in [2.75, 3.05) is 24.4 Å². The third-order valence-electron chi connectivity index (χ3n) is 5.28. The molecule has 1 saturated heterocycles. The van der Waals surface area contributed by atoms with E-state index in [1.165, 1.54) is 12.1 Å². The van der Waals surface area contributed by atoms with Crippen molar-refractivity contribution in [1.29, 1.82) is 0 Å². The number of halogens is 1. The highest BCUT2D eigenvalue weighted by atomic mass is 35.5. The highest BCUT2D eigenvalue weighted by molar-refractivity contribution is 7.98. The first-order chi connectivity index (χ1) is 15.5. The minimum absolute atomic E-state index is 0.0434. The van der Waals surface area contributed by atoms with Crippen LogP contribution in [0.5, 0.6) is 11.5 Å². The fraction of sp³-hybridized carbons (Fsp3) is 0.304. The predicted molar refractivity (Wildman–Crippen MR) is 129 cm³/mol. The topological polar surface area (TPSA) is 70.9 Å². The molecule has 3 aromatic rings. The molecule has 0 bridgehead atoms. The van der Waals surface area contributed by atoms with E-state index in [1.807, 2.05) is 19.1 Å². The number of benzene rings is 1. The van der Waals surface area contributed by atoms with Crippen LogP contribution in [0.25, 0.3) is 5.52 Å². The summed E-state index contributed by atoms with van der Waals surface area (Å²) in [5.74, 6) is 3.97. The average molecular weight is 470 g/mol. The van der Waals surface area contributed by atoms with Crippen molar-refractivity contribution in [3.8, 4) is 23.8 Å². The Morgan fingerprint density at radius 3 is 2.94 bits per heavy atom. The number of fused-ring (bicyclic) bond motifs is 1. The number of hydrogen-bond donors (Lipinski definition) is 2. The maximum absolute atomic E-state index is 12.9. The van der Waals surface area contributed by atoms with E-state index in [4.69, 9.17) is 22.8 Å². The molecule has 2 aromatic heterocycles. The lowest BCUT2D eigenvalue weighted by atomic mass is 10.00. The van der Waals surface area contributed by atoms with Crippen molar-refractivity contribution in [3.05, 3.63) is 52.8 Å². The number of terminal acetylenes is 1. The lowest BCUT2D eigenvalue weighted by Gasteiger charge is -2.36. The minimum Gasteiger partial charge on any atom is -0.455 e. The second-order valence-electron chi connectivity index (χ2n) is 7.57. The van der Waals surface area contributed by atoms with E-state index >= 15 is 0 Å². The Kier molecular flexibility index (Phi) is 6.80. The quantitative estimate of drug-likeness (QED) is 0.281. The van der Waals surface area contributed by atoms with E-state index in [1.54, 1.807) is 33.9 Å². The number of likely N-dealkylation sites (tertiary alicyclic amines) is 1. The monoisotopic (exact) mass is 469 g/mol.